The molecule has 0 saturated carbocycles. The maximum atomic E-state index is 12.8. The fourth-order valence-electron chi connectivity index (χ4n) is 3.85. The molecule has 0 atom stereocenters. The van der Waals surface area contributed by atoms with E-state index < -0.39 is 10.0 Å². The Morgan fingerprint density at radius 2 is 1.61 bits per heavy atom. The van der Waals surface area contributed by atoms with Gasteiger partial charge in [0.15, 0.2) is 0 Å². The van der Waals surface area contributed by atoms with E-state index in [0.29, 0.717) is 36.6 Å². The SMILES string of the molecule is Cc1cc(I)ccc1NC(=O)c1ccc(CN2CCN(S(=O)(=O)c3ccccc3)CC2)cc1. The molecule has 1 heterocycles. The number of nitrogens with zero attached hydrogens (tertiary/aromatic N) is 2. The normalized spacial score (nSPS) is 15.3. The van der Waals surface area contributed by atoms with Crippen molar-refractivity contribution in [2.45, 2.75) is 18.4 Å². The number of benzene rings is 3. The van der Waals surface area contributed by atoms with Crippen LogP contribution in [0, 0.1) is 10.5 Å². The number of aryl methyl sites for hydroxylation is 1. The van der Waals surface area contributed by atoms with Gasteiger partial charge in [0.25, 0.3) is 5.91 Å². The summed E-state index contributed by atoms with van der Waals surface area (Å²) in [5.41, 5.74) is 3.54. The first kappa shape index (κ1) is 23.9. The summed E-state index contributed by atoms with van der Waals surface area (Å²) in [6.45, 7) is 4.96. The van der Waals surface area contributed by atoms with E-state index in [2.05, 4.69) is 32.8 Å². The number of halogens is 1. The number of hydrogen-bond donors (Lipinski definition) is 1. The highest BCUT2D eigenvalue weighted by molar-refractivity contribution is 14.1. The third kappa shape index (κ3) is 5.81. The predicted molar refractivity (Wildman–Crippen MR) is 139 cm³/mol. The lowest BCUT2D eigenvalue weighted by Crippen LogP contribution is -2.48. The molecular weight excluding hydrogens is 549 g/mol. The van der Waals surface area contributed by atoms with Crippen molar-refractivity contribution >= 4 is 44.2 Å². The monoisotopic (exact) mass is 575 g/mol. The molecule has 1 aliphatic rings. The third-order valence-corrected chi connectivity index (χ3v) is 8.36. The van der Waals surface area contributed by atoms with Crippen molar-refractivity contribution in [3.05, 3.63) is 93.1 Å². The van der Waals surface area contributed by atoms with Gasteiger partial charge in [0.1, 0.15) is 0 Å². The summed E-state index contributed by atoms with van der Waals surface area (Å²) >= 11 is 2.25. The number of nitrogens with one attached hydrogen (secondary N) is 1. The van der Waals surface area contributed by atoms with Crippen LogP contribution in [0.15, 0.2) is 77.7 Å². The first-order valence-electron chi connectivity index (χ1n) is 10.8. The van der Waals surface area contributed by atoms with Gasteiger partial charge in [-0.3, -0.25) is 9.69 Å². The molecule has 1 amide bonds. The summed E-state index contributed by atoms with van der Waals surface area (Å²) in [5, 5.41) is 2.97. The molecule has 172 valence electrons. The zero-order valence-corrected chi connectivity index (χ0v) is 21.3. The Morgan fingerprint density at radius 1 is 0.939 bits per heavy atom. The van der Waals surface area contributed by atoms with Crippen LogP contribution in [0.4, 0.5) is 5.69 Å². The molecule has 3 aromatic rings. The number of sulfonamides is 1. The van der Waals surface area contributed by atoms with Gasteiger partial charge in [-0.15, -0.1) is 0 Å². The molecule has 1 aliphatic heterocycles. The lowest BCUT2D eigenvalue weighted by molar-refractivity contribution is 0.102. The minimum atomic E-state index is -3.44. The number of amides is 1. The fraction of sp³-hybridized carbons (Fsp3) is 0.240. The number of carbonyl (C=O) groups excluding carboxylic acids is 1. The van der Waals surface area contributed by atoms with Gasteiger partial charge in [-0.2, -0.15) is 4.31 Å². The molecule has 0 bridgehead atoms. The largest absolute Gasteiger partial charge is 0.322 e. The molecule has 0 aromatic heterocycles. The Kier molecular flexibility index (Phi) is 7.48. The zero-order chi connectivity index (χ0) is 23.4. The maximum Gasteiger partial charge on any atom is 0.255 e. The number of rotatable bonds is 6. The van der Waals surface area contributed by atoms with Crippen molar-refractivity contribution in [2.24, 2.45) is 0 Å². The smallest absolute Gasteiger partial charge is 0.255 e. The molecule has 8 heteroatoms. The zero-order valence-electron chi connectivity index (χ0n) is 18.4. The molecular formula is C25H26IN3O3S. The Balaban J connectivity index is 1.32. The van der Waals surface area contributed by atoms with E-state index in [4.69, 9.17) is 0 Å². The van der Waals surface area contributed by atoms with Gasteiger partial charge in [-0.1, -0.05) is 30.3 Å². The predicted octanol–water partition coefficient (Wildman–Crippen LogP) is 4.36. The summed E-state index contributed by atoms with van der Waals surface area (Å²) < 4.78 is 28.3. The van der Waals surface area contributed by atoms with Crippen molar-refractivity contribution in [2.75, 3.05) is 31.5 Å². The number of carbonyl (C=O) groups is 1. The van der Waals surface area contributed by atoms with Crippen LogP contribution in [0.5, 0.6) is 0 Å². The molecule has 0 radical (unpaired) electrons. The lowest BCUT2D eigenvalue weighted by Gasteiger charge is -2.34. The van der Waals surface area contributed by atoms with Gasteiger partial charge >= 0.3 is 0 Å². The highest BCUT2D eigenvalue weighted by atomic mass is 127. The fourth-order valence-corrected chi connectivity index (χ4v) is 5.94. The molecule has 3 aromatic carbocycles. The molecule has 1 fully saturated rings. The van der Waals surface area contributed by atoms with Crippen molar-refractivity contribution in [1.29, 1.82) is 0 Å². The highest BCUT2D eigenvalue weighted by Crippen LogP contribution is 2.20. The Bertz CT molecular complexity index is 1220. The van der Waals surface area contributed by atoms with E-state index in [0.717, 1.165) is 26.9 Å². The summed E-state index contributed by atoms with van der Waals surface area (Å²) in [5.74, 6) is -0.134. The first-order chi connectivity index (χ1) is 15.8. The Hall–Kier alpha value is -2.27. The van der Waals surface area contributed by atoms with E-state index in [1.807, 2.05) is 55.5 Å². The van der Waals surface area contributed by atoms with Crippen LogP contribution in [-0.4, -0.2) is 49.7 Å². The van der Waals surface area contributed by atoms with E-state index in [1.54, 1.807) is 28.6 Å². The van der Waals surface area contributed by atoms with Crippen molar-refractivity contribution in [3.63, 3.8) is 0 Å². The van der Waals surface area contributed by atoms with Crippen molar-refractivity contribution in [3.8, 4) is 0 Å². The Labute approximate surface area is 208 Å². The second-order valence-electron chi connectivity index (χ2n) is 8.10. The van der Waals surface area contributed by atoms with Gasteiger partial charge in [0, 0.05) is 47.5 Å². The van der Waals surface area contributed by atoms with Crippen LogP contribution < -0.4 is 5.32 Å². The van der Waals surface area contributed by atoms with Crippen LogP contribution in [0.3, 0.4) is 0 Å². The van der Waals surface area contributed by atoms with Gasteiger partial charge in [-0.05, 0) is 83.1 Å². The number of piperazine rings is 1. The summed E-state index contributed by atoms with van der Waals surface area (Å²) in [6, 6.07) is 22.1. The van der Waals surface area contributed by atoms with Crippen molar-refractivity contribution in [1.82, 2.24) is 9.21 Å². The van der Waals surface area contributed by atoms with Gasteiger partial charge < -0.3 is 5.32 Å². The van der Waals surface area contributed by atoms with Crippen LogP contribution >= 0.6 is 22.6 Å². The topological polar surface area (TPSA) is 69.7 Å². The van der Waals surface area contributed by atoms with Crippen LogP contribution in [0.2, 0.25) is 0 Å². The van der Waals surface area contributed by atoms with Crippen LogP contribution in [-0.2, 0) is 16.6 Å². The van der Waals surface area contributed by atoms with E-state index in [1.165, 1.54) is 0 Å². The Morgan fingerprint density at radius 3 is 2.24 bits per heavy atom. The minimum absolute atomic E-state index is 0.134. The van der Waals surface area contributed by atoms with E-state index in [-0.39, 0.29) is 5.91 Å². The molecule has 1 N–H and O–H groups in total. The molecule has 0 unspecified atom stereocenters. The van der Waals surface area contributed by atoms with Gasteiger partial charge in [0.05, 0.1) is 4.90 Å². The molecule has 33 heavy (non-hydrogen) atoms. The number of hydrogen-bond acceptors (Lipinski definition) is 4. The average molecular weight is 575 g/mol. The third-order valence-electron chi connectivity index (χ3n) is 5.77. The molecule has 6 nitrogen and oxygen atoms in total. The quantitative estimate of drug-likeness (QED) is 0.444. The summed E-state index contributed by atoms with van der Waals surface area (Å²) in [4.78, 5) is 15.2. The standard InChI is InChI=1S/C25H26IN3O3S/c1-19-17-22(26)11-12-24(19)27-25(30)21-9-7-20(8-10-21)18-28-13-15-29(16-14-28)33(31,32)23-5-3-2-4-6-23/h2-12,17H,13-16,18H2,1H3,(H,27,30). The maximum absolute atomic E-state index is 12.8. The van der Waals surface area contributed by atoms with E-state index in [9.17, 15) is 13.2 Å². The van der Waals surface area contributed by atoms with Gasteiger partial charge in [-0.25, -0.2) is 8.42 Å². The summed E-state index contributed by atoms with van der Waals surface area (Å²) in [6.07, 6.45) is 0. The highest BCUT2D eigenvalue weighted by Gasteiger charge is 2.28. The summed E-state index contributed by atoms with van der Waals surface area (Å²) in [7, 11) is -3.44. The second kappa shape index (κ2) is 10.3. The van der Waals surface area contributed by atoms with Crippen LogP contribution in [0.1, 0.15) is 21.5 Å². The first-order valence-corrected chi connectivity index (χ1v) is 13.3. The molecule has 0 spiro atoms. The molecule has 0 aliphatic carbocycles. The van der Waals surface area contributed by atoms with E-state index >= 15 is 0 Å². The number of anilines is 1. The van der Waals surface area contributed by atoms with Gasteiger partial charge in [0.2, 0.25) is 10.0 Å². The van der Waals surface area contributed by atoms with Crippen molar-refractivity contribution < 1.29 is 13.2 Å². The average Bonchev–Trinajstić information content (AvgIpc) is 2.82. The second-order valence-corrected chi connectivity index (χ2v) is 11.3. The minimum Gasteiger partial charge on any atom is -0.322 e. The molecule has 1 saturated heterocycles. The van der Waals surface area contributed by atoms with Crippen LogP contribution in [0.25, 0.3) is 0 Å². The molecule has 4 rings (SSSR count). The lowest BCUT2D eigenvalue weighted by atomic mass is 10.1.